The fourth-order valence-corrected chi connectivity index (χ4v) is 4.34. The van der Waals surface area contributed by atoms with Crippen LogP contribution in [0.1, 0.15) is 40.7 Å². The molecule has 0 unspecified atom stereocenters. The molecule has 0 radical (unpaired) electrons. The van der Waals surface area contributed by atoms with E-state index in [9.17, 15) is 18.3 Å². The molecule has 0 aromatic heterocycles. The van der Waals surface area contributed by atoms with Gasteiger partial charge in [0, 0.05) is 34.9 Å². The van der Waals surface area contributed by atoms with Crippen molar-refractivity contribution >= 4 is 17.3 Å². The summed E-state index contributed by atoms with van der Waals surface area (Å²) in [5, 5.41) is 11.1. The molecule has 174 valence electrons. The van der Waals surface area contributed by atoms with E-state index in [1.807, 2.05) is 59.5 Å². The number of nitrogens with zero attached hydrogens (tertiary/aromatic N) is 1. The Morgan fingerprint density at radius 2 is 1.50 bits per heavy atom. The molecule has 0 saturated carbocycles. The third-order valence-corrected chi connectivity index (χ3v) is 6.34. The molecule has 0 atom stereocenters. The fourth-order valence-electron chi connectivity index (χ4n) is 4.17. The van der Waals surface area contributed by atoms with Crippen LogP contribution in [-0.4, -0.2) is 23.1 Å². The van der Waals surface area contributed by atoms with Gasteiger partial charge in [0.2, 0.25) is 0 Å². The number of benzene rings is 3. The van der Waals surface area contributed by atoms with Gasteiger partial charge in [0.15, 0.2) is 0 Å². The molecule has 4 rings (SSSR count). The minimum Gasteiger partial charge on any atom is -0.385 e. The first-order valence-corrected chi connectivity index (χ1v) is 11.2. The molecule has 0 spiro atoms. The summed E-state index contributed by atoms with van der Waals surface area (Å²) < 4.78 is 40.7. The number of alkyl halides is 3. The molecular weight excluding hydrogens is 459 g/mol. The van der Waals surface area contributed by atoms with E-state index in [0.29, 0.717) is 13.1 Å². The largest absolute Gasteiger partial charge is 0.416 e. The predicted molar refractivity (Wildman–Crippen MR) is 129 cm³/mol. The van der Waals surface area contributed by atoms with Crippen molar-refractivity contribution in [2.45, 2.75) is 24.6 Å². The maximum atomic E-state index is 13.6. The second-order valence-electron chi connectivity index (χ2n) is 8.35. The van der Waals surface area contributed by atoms with E-state index in [0.717, 1.165) is 28.5 Å². The van der Waals surface area contributed by atoms with Gasteiger partial charge in [-0.25, -0.2) is 0 Å². The molecule has 1 aliphatic heterocycles. The highest BCUT2D eigenvalue weighted by Gasteiger charge is 2.42. The van der Waals surface area contributed by atoms with Crippen molar-refractivity contribution in [3.63, 3.8) is 0 Å². The van der Waals surface area contributed by atoms with Gasteiger partial charge in [-0.05, 0) is 60.4 Å². The van der Waals surface area contributed by atoms with Crippen LogP contribution in [0, 0.1) is 11.8 Å². The Balaban J connectivity index is 1.45. The summed E-state index contributed by atoms with van der Waals surface area (Å²) >= 11 is 5.79. The van der Waals surface area contributed by atoms with Crippen molar-refractivity contribution in [3.05, 3.63) is 112 Å². The van der Waals surface area contributed by atoms with Crippen LogP contribution in [0.5, 0.6) is 0 Å². The number of likely N-dealkylation sites (tertiary alicyclic amines) is 1. The molecule has 1 aliphatic rings. The van der Waals surface area contributed by atoms with E-state index in [1.54, 1.807) is 0 Å². The highest BCUT2D eigenvalue weighted by Crippen LogP contribution is 2.43. The summed E-state index contributed by atoms with van der Waals surface area (Å²) in [7, 11) is 0. The van der Waals surface area contributed by atoms with Crippen molar-refractivity contribution in [2.75, 3.05) is 13.1 Å². The number of aliphatic hydroxyl groups is 1. The lowest BCUT2D eigenvalue weighted by Gasteiger charge is -2.41. The molecule has 0 amide bonds. The second kappa shape index (κ2) is 9.58. The smallest absolute Gasteiger partial charge is 0.385 e. The van der Waals surface area contributed by atoms with Crippen LogP contribution in [0.15, 0.2) is 79.4 Å². The van der Waals surface area contributed by atoms with Crippen molar-refractivity contribution in [2.24, 2.45) is 0 Å². The minimum atomic E-state index is -4.60. The molecule has 3 aromatic rings. The lowest BCUT2D eigenvalue weighted by Crippen LogP contribution is -2.42. The Bertz CT molecular complexity index is 1230. The molecule has 3 aromatic carbocycles. The average molecular weight is 482 g/mol. The number of rotatable bonds is 3. The molecule has 1 saturated heterocycles. The molecule has 2 nitrogen and oxygen atoms in total. The molecule has 0 bridgehead atoms. The molecule has 0 aliphatic carbocycles. The van der Waals surface area contributed by atoms with Crippen LogP contribution in [-0.2, 0) is 11.8 Å². The third-order valence-electron chi connectivity index (χ3n) is 6.10. The van der Waals surface area contributed by atoms with Crippen LogP contribution in [0.2, 0.25) is 5.02 Å². The Labute approximate surface area is 202 Å². The van der Waals surface area contributed by atoms with Gasteiger partial charge in [0.1, 0.15) is 0 Å². The molecule has 1 heterocycles. The first-order valence-electron chi connectivity index (χ1n) is 10.9. The SMILES string of the molecule is C=C(c1ccc(C#Cc2ccccc2)cc1)N1CCC(O)(c2ccc(Cl)cc2C(F)(F)F)CC1. The third kappa shape index (κ3) is 5.30. The lowest BCUT2D eigenvalue weighted by molar-refractivity contribution is -0.141. The van der Waals surface area contributed by atoms with Gasteiger partial charge in [0.05, 0.1) is 11.2 Å². The highest BCUT2D eigenvalue weighted by atomic mass is 35.5. The van der Waals surface area contributed by atoms with Crippen LogP contribution >= 0.6 is 11.6 Å². The molecule has 1 N–H and O–H groups in total. The van der Waals surface area contributed by atoms with Gasteiger partial charge in [-0.2, -0.15) is 13.2 Å². The van der Waals surface area contributed by atoms with E-state index >= 15 is 0 Å². The quantitative estimate of drug-likeness (QED) is 0.420. The fraction of sp³-hybridized carbons (Fsp3) is 0.214. The Morgan fingerprint density at radius 1 is 0.912 bits per heavy atom. The van der Waals surface area contributed by atoms with Gasteiger partial charge in [-0.3, -0.25) is 0 Å². The zero-order valence-electron chi connectivity index (χ0n) is 18.4. The summed E-state index contributed by atoms with van der Waals surface area (Å²) in [5.74, 6) is 6.25. The van der Waals surface area contributed by atoms with Crippen molar-refractivity contribution in [1.82, 2.24) is 4.90 Å². The van der Waals surface area contributed by atoms with E-state index in [1.165, 1.54) is 12.1 Å². The second-order valence-corrected chi connectivity index (χ2v) is 8.78. The minimum absolute atomic E-state index is 0.0117. The van der Waals surface area contributed by atoms with Gasteiger partial charge < -0.3 is 10.0 Å². The van der Waals surface area contributed by atoms with E-state index < -0.39 is 17.3 Å². The first kappa shape index (κ1) is 23.9. The Morgan fingerprint density at radius 3 is 2.09 bits per heavy atom. The molecule has 34 heavy (non-hydrogen) atoms. The monoisotopic (exact) mass is 481 g/mol. The summed E-state index contributed by atoms with van der Waals surface area (Å²) in [6.45, 7) is 4.93. The van der Waals surface area contributed by atoms with Crippen LogP contribution < -0.4 is 0 Å². The Hall–Kier alpha value is -3.20. The standard InChI is InChI=1S/C28H23ClF3NO/c1-20(23-11-9-22(10-12-23)8-7-21-5-3-2-4-6-21)33-17-15-27(34,16-18-33)25-14-13-24(29)19-26(25)28(30,31)32/h2-6,9-14,19,34H,1,15-18H2. The zero-order valence-corrected chi connectivity index (χ0v) is 19.1. The summed E-state index contributed by atoms with van der Waals surface area (Å²) in [5.41, 5.74) is 0.873. The number of halogens is 4. The van der Waals surface area contributed by atoms with Crippen molar-refractivity contribution in [3.8, 4) is 11.8 Å². The zero-order chi connectivity index (χ0) is 24.3. The summed E-state index contributed by atoms with van der Waals surface area (Å²) in [6.07, 6.45) is -4.30. The van der Waals surface area contributed by atoms with Gasteiger partial charge >= 0.3 is 6.18 Å². The average Bonchev–Trinajstić information content (AvgIpc) is 2.83. The normalized spacial score (nSPS) is 15.4. The predicted octanol–water partition coefficient (Wildman–Crippen LogP) is 6.71. The van der Waals surface area contributed by atoms with Crippen LogP contribution in [0.25, 0.3) is 5.70 Å². The van der Waals surface area contributed by atoms with Gasteiger partial charge in [-0.15, -0.1) is 0 Å². The number of piperidine rings is 1. The van der Waals surface area contributed by atoms with Crippen LogP contribution in [0.3, 0.4) is 0 Å². The first-order chi connectivity index (χ1) is 16.2. The molecular formula is C28H23ClF3NO. The van der Waals surface area contributed by atoms with E-state index in [4.69, 9.17) is 11.6 Å². The maximum absolute atomic E-state index is 13.6. The van der Waals surface area contributed by atoms with Gasteiger partial charge in [0.25, 0.3) is 0 Å². The highest BCUT2D eigenvalue weighted by molar-refractivity contribution is 6.30. The van der Waals surface area contributed by atoms with E-state index in [-0.39, 0.29) is 23.4 Å². The maximum Gasteiger partial charge on any atom is 0.416 e. The summed E-state index contributed by atoms with van der Waals surface area (Å²) in [6, 6.07) is 21.0. The molecule has 1 fully saturated rings. The van der Waals surface area contributed by atoms with E-state index in [2.05, 4.69) is 18.4 Å². The lowest BCUT2D eigenvalue weighted by atomic mass is 9.81. The topological polar surface area (TPSA) is 23.5 Å². The number of hydrogen-bond acceptors (Lipinski definition) is 2. The van der Waals surface area contributed by atoms with Gasteiger partial charge in [-0.1, -0.05) is 66.4 Å². The van der Waals surface area contributed by atoms with Crippen molar-refractivity contribution < 1.29 is 18.3 Å². The number of hydrogen-bond donors (Lipinski definition) is 1. The van der Waals surface area contributed by atoms with Crippen LogP contribution in [0.4, 0.5) is 13.2 Å². The summed E-state index contributed by atoms with van der Waals surface area (Å²) in [4.78, 5) is 1.99. The van der Waals surface area contributed by atoms with Crippen molar-refractivity contribution in [1.29, 1.82) is 0 Å². The Kier molecular flexibility index (Phi) is 6.74. The molecule has 6 heteroatoms.